The molecule has 134 valence electrons. The quantitative estimate of drug-likeness (QED) is 0.544. The van der Waals surface area contributed by atoms with Crippen LogP contribution in [0.2, 0.25) is 0 Å². The summed E-state index contributed by atoms with van der Waals surface area (Å²) >= 11 is 5.00. The molecule has 1 aliphatic rings. The molecule has 1 fully saturated rings. The Morgan fingerprint density at radius 1 is 1.26 bits per heavy atom. The highest BCUT2D eigenvalue weighted by Crippen LogP contribution is 2.51. The molecular formula is C12H21BF3O5PS. The van der Waals surface area contributed by atoms with Crippen molar-refractivity contribution in [2.75, 3.05) is 6.61 Å². The van der Waals surface area contributed by atoms with Gasteiger partial charge in [0.2, 0.25) is 0 Å². The van der Waals surface area contributed by atoms with Crippen LogP contribution in [0.4, 0.5) is 13.2 Å². The van der Waals surface area contributed by atoms with E-state index < -0.39 is 42.8 Å². The van der Waals surface area contributed by atoms with Gasteiger partial charge in [-0.25, -0.2) is 0 Å². The molecule has 1 aliphatic heterocycles. The van der Waals surface area contributed by atoms with Crippen LogP contribution < -0.4 is 0 Å². The Bertz CT molecular complexity index is 437. The van der Waals surface area contributed by atoms with Gasteiger partial charge in [0.05, 0.1) is 12.7 Å². The zero-order valence-corrected chi connectivity index (χ0v) is 15.0. The Labute approximate surface area is 140 Å². The molecule has 2 radical (unpaired) electrons. The third-order valence-corrected chi connectivity index (χ3v) is 6.51. The molecule has 0 amide bonds. The molecular weight excluding hydrogens is 355 g/mol. The standard InChI is InChI=1S/C12H21BF3O5PS/c1-6(2)18-5-8-9(21-22(17,23)7(3)4)10(11(13)19-8)20-12(14,15)16/h6-11H,5H2,1-4H3,(H,17,23)/t8-,9-,10-,11-,22?/m1/s1. The van der Waals surface area contributed by atoms with Crippen molar-refractivity contribution in [1.82, 2.24) is 0 Å². The van der Waals surface area contributed by atoms with Crippen LogP contribution in [-0.2, 0) is 30.5 Å². The van der Waals surface area contributed by atoms with Gasteiger partial charge in [0.15, 0.2) is 6.49 Å². The molecule has 5 atom stereocenters. The minimum Gasteiger partial charge on any atom is -0.377 e. The van der Waals surface area contributed by atoms with Crippen molar-refractivity contribution in [2.24, 2.45) is 0 Å². The van der Waals surface area contributed by atoms with E-state index >= 15 is 0 Å². The monoisotopic (exact) mass is 376 g/mol. The van der Waals surface area contributed by atoms with Crippen LogP contribution in [-0.4, -0.2) is 61.8 Å². The maximum absolute atomic E-state index is 12.6. The Morgan fingerprint density at radius 3 is 2.26 bits per heavy atom. The van der Waals surface area contributed by atoms with Crippen LogP contribution in [0.1, 0.15) is 27.7 Å². The summed E-state index contributed by atoms with van der Waals surface area (Å²) in [4.78, 5) is 10.2. The van der Waals surface area contributed by atoms with E-state index in [0.717, 1.165) is 0 Å². The molecule has 1 saturated heterocycles. The first kappa shape index (κ1) is 21.3. The summed E-state index contributed by atoms with van der Waals surface area (Å²) in [7, 11) is 5.58. The number of hydrogen-bond donors (Lipinski definition) is 1. The first-order valence-corrected chi connectivity index (χ1v) is 9.85. The summed E-state index contributed by atoms with van der Waals surface area (Å²) in [6.07, 6.45) is -8.92. The summed E-state index contributed by atoms with van der Waals surface area (Å²) in [5, 5.41) is 0. The Morgan fingerprint density at radius 2 is 1.83 bits per heavy atom. The van der Waals surface area contributed by atoms with E-state index in [1.165, 1.54) is 0 Å². The zero-order valence-electron chi connectivity index (χ0n) is 13.3. The van der Waals surface area contributed by atoms with Gasteiger partial charge in [-0.15, -0.1) is 13.2 Å². The van der Waals surface area contributed by atoms with Gasteiger partial charge in [0.1, 0.15) is 26.2 Å². The maximum Gasteiger partial charge on any atom is 0.522 e. The molecule has 1 rings (SSSR count). The van der Waals surface area contributed by atoms with Crippen LogP contribution in [0.25, 0.3) is 0 Å². The largest absolute Gasteiger partial charge is 0.522 e. The van der Waals surface area contributed by atoms with Crippen molar-refractivity contribution in [3.63, 3.8) is 0 Å². The van der Waals surface area contributed by atoms with E-state index in [2.05, 4.69) is 4.74 Å². The van der Waals surface area contributed by atoms with E-state index in [-0.39, 0.29) is 12.7 Å². The highest BCUT2D eigenvalue weighted by atomic mass is 32.5. The lowest BCUT2D eigenvalue weighted by Crippen LogP contribution is -2.42. The summed E-state index contributed by atoms with van der Waals surface area (Å²) in [5.41, 5.74) is -0.437. The Hall–Kier alpha value is 0.305. The molecule has 0 spiro atoms. The van der Waals surface area contributed by atoms with E-state index in [9.17, 15) is 18.1 Å². The molecule has 23 heavy (non-hydrogen) atoms. The van der Waals surface area contributed by atoms with Gasteiger partial charge in [-0.2, -0.15) is 0 Å². The molecule has 0 aromatic carbocycles. The second-order valence-electron chi connectivity index (χ2n) is 5.78. The molecule has 1 heterocycles. The van der Waals surface area contributed by atoms with Crippen molar-refractivity contribution < 1.29 is 36.8 Å². The SMILES string of the molecule is [B][C@@H]1O[C@H](COC(C)C)[C@@H](OP(O)(=S)C(C)C)[C@H]1OC(F)(F)F. The topological polar surface area (TPSA) is 57.2 Å². The van der Waals surface area contributed by atoms with Gasteiger partial charge < -0.3 is 18.9 Å². The van der Waals surface area contributed by atoms with Gasteiger partial charge in [-0.1, -0.05) is 13.8 Å². The summed E-state index contributed by atoms with van der Waals surface area (Å²) in [6, 6.07) is -1.37. The average Bonchev–Trinajstić information content (AvgIpc) is 2.62. The molecule has 1 unspecified atom stereocenters. The molecule has 0 aromatic heterocycles. The highest BCUT2D eigenvalue weighted by Gasteiger charge is 2.50. The second-order valence-corrected chi connectivity index (χ2v) is 9.72. The van der Waals surface area contributed by atoms with Crippen LogP contribution >= 0.6 is 6.49 Å². The number of rotatable bonds is 7. The van der Waals surface area contributed by atoms with Crippen molar-refractivity contribution in [3.8, 4) is 0 Å². The summed E-state index contributed by atoms with van der Waals surface area (Å²) < 4.78 is 57.8. The fourth-order valence-electron chi connectivity index (χ4n) is 1.89. The molecule has 5 nitrogen and oxygen atoms in total. The third-order valence-electron chi connectivity index (χ3n) is 3.13. The van der Waals surface area contributed by atoms with E-state index in [0.29, 0.717) is 0 Å². The van der Waals surface area contributed by atoms with E-state index in [1.807, 2.05) is 0 Å². The molecule has 11 heteroatoms. The smallest absolute Gasteiger partial charge is 0.377 e. The van der Waals surface area contributed by atoms with Gasteiger partial charge in [-0.05, 0) is 25.7 Å². The Balaban J connectivity index is 2.96. The van der Waals surface area contributed by atoms with Crippen molar-refractivity contribution in [1.29, 1.82) is 0 Å². The van der Waals surface area contributed by atoms with Crippen LogP contribution in [0.5, 0.6) is 0 Å². The van der Waals surface area contributed by atoms with Gasteiger partial charge in [-0.3, -0.25) is 4.74 Å². The zero-order chi connectivity index (χ0) is 18.0. The van der Waals surface area contributed by atoms with Crippen LogP contribution in [0.15, 0.2) is 0 Å². The number of ether oxygens (including phenoxy) is 3. The lowest BCUT2D eigenvalue weighted by atomic mass is 9.93. The van der Waals surface area contributed by atoms with Gasteiger partial charge in [0.25, 0.3) is 0 Å². The predicted octanol–water partition coefficient (Wildman–Crippen LogP) is 2.31. The molecule has 1 N–H and O–H groups in total. The summed E-state index contributed by atoms with van der Waals surface area (Å²) in [6.45, 7) is 3.38. The van der Waals surface area contributed by atoms with Gasteiger partial charge >= 0.3 is 6.36 Å². The first-order chi connectivity index (χ1) is 10.3. The summed E-state index contributed by atoms with van der Waals surface area (Å²) in [5.74, 6) is 0. The van der Waals surface area contributed by atoms with Crippen molar-refractivity contribution in [2.45, 2.75) is 70.1 Å². The average molecular weight is 376 g/mol. The highest BCUT2D eigenvalue weighted by molar-refractivity contribution is 8.09. The van der Waals surface area contributed by atoms with Gasteiger partial charge in [0, 0.05) is 11.7 Å². The van der Waals surface area contributed by atoms with E-state index in [1.54, 1.807) is 27.7 Å². The normalized spacial score (nSPS) is 31.7. The minimum atomic E-state index is -4.92. The molecule has 0 aromatic rings. The van der Waals surface area contributed by atoms with Crippen LogP contribution in [0.3, 0.4) is 0 Å². The molecule has 0 aliphatic carbocycles. The minimum absolute atomic E-state index is 0.0544. The lowest BCUT2D eigenvalue weighted by molar-refractivity contribution is -0.348. The van der Waals surface area contributed by atoms with E-state index in [4.69, 9.17) is 33.7 Å². The Kier molecular flexibility index (Phi) is 7.54. The van der Waals surface area contributed by atoms with Crippen LogP contribution in [0, 0.1) is 0 Å². The number of alkyl halides is 3. The number of halogens is 3. The number of hydrogen-bond acceptors (Lipinski definition) is 5. The molecule has 0 bridgehead atoms. The third kappa shape index (κ3) is 6.61. The van der Waals surface area contributed by atoms with Crippen molar-refractivity contribution in [3.05, 3.63) is 0 Å². The second kappa shape index (κ2) is 8.12. The fraction of sp³-hybridized carbons (Fsp3) is 1.00. The van der Waals surface area contributed by atoms with Crippen molar-refractivity contribution >= 4 is 26.1 Å². The fourth-order valence-corrected chi connectivity index (χ4v) is 3.04. The predicted molar refractivity (Wildman–Crippen MR) is 82.9 cm³/mol. The maximum atomic E-state index is 12.6. The molecule has 0 saturated carbocycles. The lowest BCUT2D eigenvalue weighted by Gasteiger charge is -2.30. The first-order valence-electron chi connectivity index (χ1n) is 7.11.